The van der Waals surface area contributed by atoms with Crippen molar-refractivity contribution in [2.24, 2.45) is 5.92 Å². The number of amides is 1. The number of benzene rings is 1. The van der Waals surface area contributed by atoms with E-state index in [1.54, 1.807) is 11.2 Å². The van der Waals surface area contributed by atoms with Crippen molar-refractivity contribution in [1.29, 1.82) is 5.26 Å². The number of carbonyl (C=O) groups excluding carboxylic acids is 1. The molecule has 1 fully saturated rings. The number of piperidine rings is 1. The molecular formula is C22H28N3O2+. The summed E-state index contributed by atoms with van der Waals surface area (Å²) in [6, 6.07) is 16.5. The number of furan rings is 1. The summed E-state index contributed by atoms with van der Waals surface area (Å²) >= 11 is 0. The van der Waals surface area contributed by atoms with Crippen LogP contribution in [0.5, 0.6) is 0 Å². The summed E-state index contributed by atoms with van der Waals surface area (Å²) in [4.78, 5) is 15.9. The maximum atomic E-state index is 12.8. The van der Waals surface area contributed by atoms with Gasteiger partial charge in [-0.3, -0.25) is 4.79 Å². The third kappa shape index (κ3) is 5.97. The van der Waals surface area contributed by atoms with E-state index in [9.17, 15) is 4.79 Å². The number of likely N-dealkylation sites (tertiary alicyclic amines) is 1. The van der Waals surface area contributed by atoms with Crippen molar-refractivity contribution in [2.45, 2.75) is 32.2 Å². The smallest absolute Gasteiger partial charge is 0.278 e. The number of quaternary nitrogens is 1. The van der Waals surface area contributed by atoms with Crippen molar-refractivity contribution in [3.05, 3.63) is 60.1 Å². The maximum Gasteiger partial charge on any atom is 0.278 e. The zero-order valence-electron chi connectivity index (χ0n) is 15.8. The first-order valence-corrected chi connectivity index (χ1v) is 9.79. The SMILES string of the molecule is N#CCCN(Cc1ccco1)C(=O)C[NH+]1CCC(Cc2ccccc2)CC1. The van der Waals surface area contributed by atoms with E-state index in [0.29, 0.717) is 32.0 Å². The monoisotopic (exact) mass is 366 g/mol. The van der Waals surface area contributed by atoms with Crippen LogP contribution in [-0.2, 0) is 17.8 Å². The van der Waals surface area contributed by atoms with Gasteiger partial charge in [0.05, 0.1) is 38.4 Å². The molecule has 0 atom stereocenters. The molecule has 5 nitrogen and oxygen atoms in total. The molecule has 1 amide bonds. The van der Waals surface area contributed by atoms with E-state index in [2.05, 4.69) is 36.4 Å². The average molecular weight is 366 g/mol. The van der Waals surface area contributed by atoms with E-state index in [1.807, 2.05) is 12.1 Å². The molecule has 0 spiro atoms. The molecular weight excluding hydrogens is 338 g/mol. The number of nitriles is 1. The molecule has 0 radical (unpaired) electrons. The molecule has 1 N–H and O–H groups in total. The van der Waals surface area contributed by atoms with Crippen LogP contribution in [0.15, 0.2) is 53.1 Å². The predicted molar refractivity (Wildman–Crippen MR) is 103 cm³/mol. The minimum Gasteiger partial charge on any atom is -0.467 e. The van der Waals surface area contributed by atoms with Gasteiger partial charge in [-0.2, -0.15) is 5.26 Å². The van der Waals surface area contributed by atoms with E-state index >= 15 is 0 Å². The summed E-state index contributed by atoms with van der Waals surface area (Å²) in [6.45, 7) is 3.48. The van der Waals surface area contributed by atoms with Gasteiger partial charge in [0.1, 0.15) is 5.76 Å². The van der Waals surface area contributed by atoms with Crippen LogP contribution in [-0.4, -0.2) is 37.0 Å². The van der Waals surface area contributed by atoms with E-state index in [1.165, 1.54) is 10.5 Å². The zero-order valence-corrected chi connectivity index (χ0v) is 15.8. The summed E-state index contributed by atoms with van der Waals surface area (Å²) in [5.41, 5.74) is 1.41. The maximum absolute atomic E-state index is 12.8. The second kappa shape index (κ2) is 9.94. The molecule has 27 heavy (non-hydrogen) atoms. The number of rotatable bonds is 8. The summed E-state index contributed by atoms with van der Waals surface area (Å²) in [5, 5.41) is 8.88. The normalized spacial score (nSPS) is 19.4. The fourth-order valence-corrected chi connectivity index (χ4v) is 3.81. The molecule has 2 heterocycles. The molecule has 0 bridgehead atoms. The summed E-state index contributed by atoms with van der Waals surface area (Å²) in [5.74, 6) is 1.58. The molecule has 1 aromatic carbocycles. The van der Waals surface area contributed by atoms with Gasteiger partial charge in [0.15, 0.2) is 6.54 Å². The Morgan fingerprint density at radius 2 is 1.96 bits per heavy atom. The molecule has 0 saturated carbocycles. The molecule has 1 aliphatic heterocycles. The van der Waals surface area contributed by atoms with E-state index in [-0.39, 0.29) is 5.91 Å². The minimum atomic E-state index is 0.109. The van der Waals surface area contributed by atoms with Gasteiger partial charge in [0, 0.05) is 6.54 Å². The first-order valence-electron chi connectivity index (χ1n) is 9.79. The summed E-state index contributed by atoms with van der Waals surface area (Å²) in [6.07, 6.45) is 5.42. The topological polar surface area (TPSA) is 61.7 Å². The van der Waals surface area contributed by atoms with Crippen LogP contribution < -0.4 is 4.90 Å². The van der Waals surface area contributed by atoms with Crippen LogP contribution in [0.25, 0.3) is 0 Å². The van der Waals surface area contributed by atoms with Gasteiger partial charge in [-0.1, -0.05) is 30.3 Å². The molecule has 1 saturated heterocycles. The highest BCUT2D eigenvalue weighted by Crippen LogP contribution is 2.16. The van der Waals surface area contributed by atoms with Gasteiger partial charge in [0.2, 0.25) is 0 Å². The van der Waals surface area contributed by atoms with Crippen molar-refractivity contribution >= 4 is 5.91 Å². The van der Waals surface area contributed by atoms with Crippen molar-refractivity contribution < 1.29 is 14.1 Å². The Balaban J connectivity index is 1.47. The predicted octanol–water partition coefficient (Wildman–Crippen LogP) is 2.06. The van der Waals surface area contributed by atoms with Crippen LogP contribution in [0, 0.1) is 17.2 Å². The zero-order chi connectivity index (χ0) is 18.9. The van der Waals surface area contributed by atoms with Crippen LogP contribution in [0.1, 0.15) is 30.6 Å². The quantitative estimate of drug-likeness (QED) is 0.778. The Morgan fingerprint density at radius 3 is 2.63 bits per heavy atom. The molecule has 3 rings (SSSR count). The largest absolute Gasteiger partial charge is 0.467 e. The Labute approximate surface area is 161 Å². The first kappa shape index (κ1) is 19.2. The Kier molecular flexibility index (Phi) is 7.06. The van der Waals surface area contributed by atoms with Gasteiger partial charge in [0.25, 0.3) is 5.91 Å². The van der Waals surface area contributed by atoms with Crippen LogP contribution >= 0.6 is 0 Å². The molecule has 5 heteroatoms. The standard InChI is InChI=1S/C22H27N3O2/c23-11-5-12-25(17-21-8-4-15-27-21)22(26)18-24-13-9-20(10-14-24)16-19-6-2-1-3-7-19/h1-4,6-8,15,20H,5,9-10,12-14,16-18H2/p+1. The molecule has 1 aliphatic rings. The fraction of sp³-hybridized carbons (Fsp3) is 0.455. The van der Waals surface area contributed by atoms with Gasteiger partial charge in [-0.15, -0.1) is 0 Å². The summed E-state index contributed by atoms with van der Waals surface area (Å²) < 4.78 is 5.37. The molecule has 1 aromatic heterocycles. The second-order valence-electron chi connectivity index (χ2n) is 7.36. The lowest BCUT2D eigenvalue weighted by molar-refractivity contribution is -0.898. The lowest BCUT2D eigenvalue weighted by atomic mass is 9.90. The van der Waals surface area contributed by atoms with Gasteiger partial charge >= 0.3 is 0 Å². The van der Waals surface area contributed by atoms with E-state index < -0.39 is 0 Å². The minimum absolute atomic E-state index is 0.109. The van der Waals surface area contributed by atoms with Crippen molar-refractivity contribution in [3.8, 4) is 6.07 Å². The third-order valence-corrected chi connectivity index (χ3v) is 5.35. The molecule has 142 valence electrons. The highest BCUT2D eigenvalue weighted by atomic mass is 16.3. The third-order valence-electron chi connectivity index (χ3n) is 5.35. The van der Waals surface area contributed by atoms with Crippen LogP contribution in [0.2, 0.25) is 0 Å². The number of carbonyl (C=O) groups is 1. The fourth-order valence-electron chi connectivity index (χ4n) is 3.81. The average Bonchev–Trinajstić information content (AvgIpc) is 3.20. The van der Waals surface area contributed by atoms with Crippen molar-refractivity contribution in [1.82, 2.24) is 4.90 Å². The molecule has 0 unspecified atom stereocenters. The highest BCUT2D eigenvalue weighted by molar-refractivity contribution is 5.77. The Hall–Kier alpha value is -2.58. The number of hydrogen-bond donors (Lipinski definition) is 1. The Morgan fingerprint density at radius 1 is 1.19 bits per heavy atom. The Bertz CT molecular complexity index is 729. The van der Waals surface area contributed by atoms with E-state index in [4.69, 9.17) is 9.68 Å². The number of hydrogen-bond acceptors (Lipinski definition) is 3. The highest BCUT2D eigenvalue weighted by Gasteiger charge is 2.26. The van der Waals surface area contributed by atoms with Gasteiger partial charge in [-0.05, 0) is 42.9 Å². The lowest BCUT2D eigenvalue weighted by Crippen LogP contribution is -3.14. The van der Waals surface area contributed by atoms with Crippen LogP contribution in [0.3, 0.4) is 0 Å². The second-order valence-corrected chi connectivity index (χ2v) is 7.36. The number of nitrogens with zero attached hydrogens (tertiary/aromatic N) is 2. The summed E-state index contributed by atoms with van der Waals surface area (Å²) in [7, 11) is 0. The van der Waals surface area contributed by atoms with Gasteiger partial charge < -0.3 is 14.2 Å². The van der Waals surface area contributed by atoms with Crippen molar-refractivity contribution in [3.63, 3.8) is 0 Å². The van der Waals surface area contributed by atoms with Gasteiger partial charge in [-0.25, -0.2) is 0 Å². The lowest BCUT2D eigenvalue weighted by Gasteiger charge is -2.30. The molecule has 2 aromatic rings. The molecule has 0 aliphatic carbocycles. The van der Waals surface area contributed by atoms with Crippen molar-refractivity contribution in [2.75, 3.05) is 26.2 Å². The van der Waals surface area contributed by atoms with E-state index in [0.717, 1.165) is 38.1 Å². The number of nitrogens with one attached hydrogen (secondary N) is 1. The first-order chi connectivity index (χ1) is 13.2. The van der Waals surface area contributed by atoms with Crippen LogP contribution in [0.4, 0.5) is 0 Å².